The molecule has 21 heavy (non-hydrogen) atoms. The van der Waals surface area contributed by atoms with Gasteiger partial charge in [-0.05, 0) is 17.7 Å². The van der Waals surface area contributed by atoms with Crippen LogP contribution in [0.1, 0.15) is 5.56 Å². The molecule has 0 aliphatic carbocycles. The van der Waals surface area contributed by atoms with Gasteiger partial charge in [-0.15, -0.1) is 0 Å². The predicted molar refractivity (Wildman–Crippen MR) is 89.2 cm³/mol. The maximum atomic E-state index is 3.85. The van der Waals surface area contributed by atoms with E-state index in [2.05, 4.69) is 40.8 Å². The van der Waals surface area contributed by atoms with E-state index >= 15 is 0 Å². The van der Waals surface area contributed by atoms with Gasteiger partial charge in [-0.3, -0.25) is 4.90 Å². The van der Waals surface area contributed by atoms with Crippen molar-refractivity contribution in [1.29, 1.82) is 0 Å². The normalized spacial score (nSPS) is 11.0. The summed E-state index contributed by atoms with van der Waals surface area (Å²) in [6.45, 7) is 9.25. The molecule has 0 bridgehead atoms. The summed E-state index contributed by atoms with van der Waals surface area (Å²) in [5.74, 6) is 1.10. The molecule has 0 saturated carbocycles. The van der Waals surface area contributed by atoms with Crippen LogP contribution in [0.2, 0.25) is 0 Å². The van der Waals surface area contributed by atoms with Gasteiger partial charge >= 0.3 is 0 Å². The Kier molecular flexibility index (Phi) is 5.53. The molecule has 1 aromatic heterocycles. The minimum atomic E-state index is 0.770. The summed E-state index contributed by atoms with van der Waals surface area (Å²) < 4.78 is 2.11. The van der Waals surface area contributed by atoms with Crippen molar-refractivity contribution >= 4 is 11.9 Å². The third-order valence-electron chi connectivity index (χ3n) is 3.10. The van der Waals surface area contributed by atoms with Gasteiger partial charge in [-0.2, -0.15) is 0 Å². The monoisotopic (exact) mass is 277 g/mol. The zero-order valence-corrected chi connectivity index (χ0v) is 12.2. The Morgan fingerprint density at radius 1 is 0.905 bits per heavy atom. The van der Waals surface area contributed by atoms with Crippen molar-refractivity contribution in [2.75, 3.05) is 13.1 Å². The number of rotatable bonds is 7. The Labute approximate surface area is 127 Å². The molecule has 2 nitrogen and oxygen atoms in total. The molecule has 106 valence electrons. The van der Waals surface area contributed by atoms with Crippen LogP contribution in [0.15, 0.2) is 86.2 Å². The van der Waals surface area contributed by atoms with Crippen LogP contribution >= 0.6 is 0 Å². The Bertz CT molecular complexity index is 590. The fourth-order valence-corrected chi connectivity index (χ4v) is 2.15. The van der Waals surface area contributed by atoms with Crippen LogP contribution in [-0.4, -0.2) is 18.0 Å². The molecule has 0 fully saturated rings. The van der Waals surface area contributed by atoms with Crippen molar-refractivity contribution in [2.24, 2.45) is 0 Å². The second-order valence-corrected chi connectivity index (χ2v) is 4.68. The van der Waals surface area contributed by atoms with E-state index in [-0.39, 0.29) is 0 Å². The number of aromatic nitrogens is 1. The van der Waals surface area contributed by atoms with Crippen molar-refractivity contribution in [3.63, 3.8) is 0 Å². The van der Waals surface area contributed by atoms with E-state index in [1.165, 1.54) is 5.56 Å². The lowest BCUT2D eigenvalue weighted by Gasteiger charge is -2.17. The van der Waals surface area contributed by atoms with Crippen molar-refractivity contribution in [3.05, 3.63) is 91.8 Å². The first kappa shape index (κ1) is 14.8. The first-order chi connectivity index (χ1) is 10.3. The van der Waals surface area contributed by atoms with E-state index in [1.807, 2.05) is 60.9 Å². The number of benzene rings is 1. The van der Waals surface area contributed by atoms with Gasteiger partial charge in [0.2, 0.25) is 0 Å². The van der Waals surface area contributed by atoms with Gasteiger partial charge in [0.25, 0.3) is 5.82 Å². The molecule has 0 aliphatic heterocycles. The van der Waals surface area contributed by atoms with Crippen molar-refractivity contribution < 1.29 is 4.57 Å². The number of nitrogens with zero attached hydrogens (tertiary/aromatic N) is 2. The summed E-state index contributed by atoms with van der Waals surface area (Å²) in [6, 6.07) is 16.4. The molecule has 2 heteroatoms. The highest BCUT2D eigenvalue weighted by Crippen LogP contribution is 2.11. The lowest BCUT2D eigenvalue weighted by molar-refractivity contribution is -0.591. The van der Waals surface area contributed by atoms with Crippen LogP contribution in [0.5, 0.6) is 0 Å². The predicted octanol–water partition coefficient (Wildman–Crippen LogP) is 3.60. The summed E-state index contributed by atoms with van der Waals surface area (Å²) >= 11 is 0. The van der Waals surface area contributed by atoms with Gasteiger partial charge in [-0.1, -0.05) is 61.7 Å². The maximum Gasteiger partial charge on any atom is 0.282 e. The topological polar surface area (TPSA) is 7.12 Å². The molecule has 0 atom stereocenters. The summed E-state index contributed by atoms with van der Waals surface area (Å²) in [7, 11) is 0. The second kappa shape index (κ2) is 7.85. The summed E-state index contributed by atoms with van der Waals surface area (Å²) in [6.07, 6.45) is 10.1. The van der Waals surface area contributed by atoms with E-state index < -0.39 is 0 Å². The fourth-order valence-electron chi connectivity index (χ4n) is 2.15. The zero-order chi connectivity index (χ0) is 14.9. The molecule has 0 N–H and O–H groups in total. The molecule has 1 aromatic carbocycles. The molecular formula is C19H21N2+. The second-order valence-electron chi connectivity index (χ2n) is 4.68. The van der Waals surface area contributed by atoms with Gasteiger partial charge in [0.05, 0.1) is 12.4 Å². The number of hydrogen-bond acceptors (Lipinski definition) is 1. The third kappa shape index (κ3) is 4.18. The lowest BCUT2D eigenvalue weighted by Crippen LogP contribution is -2.41. The average molecular weight is 277 g/mol. The molecule has 0 unspecified atom stereocenters. The van der Waals surface area contributed by atoms with Gasteiger partial charge in [-0.25, -0.2) is 4.57 Å². The van der Waals surface area contributed by atoms with E-state index in [0.29, 0.717) is 0 Å². The lowest BCUT2D eigenvalue weighted by atomic mass is 10.2. The molecule has 0 saturated heterocycles. The smallest absolute Gasteiger partial charge is 0.254 e. The highest BCUT2D eigenvalue weighted by molar-refractivity contribution is 5.64. The maximum absolute atomic E-state index is 3.85. The van der Waals surface area contributed by atoms with Crippen LogP contribution in [0.3, 0.4) is 0 Å². The minimum absolute atomic E-state index is 0.770. The van der Waals surface area contributed by atoms with Gasteiger partial charge in [0.15, 0.2) is 0 Å². The molecule has 0 aliphatic rings. The Morgan fingerprint density at radius 3 is 2.05 bits per heavy atom. The van der Waals surface area contributed by atoms with Gasteiger partial charge in [0, 0.05) is 6.08 Å². The van der Waals surface area contributed by atoms with E-state index in [1.54, 1.807) is 0 Å². The van der Waals surface area contributed by atoms with Crippen molar-refractivity contribution in [1.82, 2.24) is 4.90 Å². The molecule has 2 rings (SSSR count). The van der Waals surface area contributed by atoms with Crippen molar-refractivity contribution in [3.8, 4) is 0 Å². The highest BCUT2D eigenvalue weighted by Gasteiger charge is 2.17. The summed E-state index contributed by atoms with van der Waals surface area (Å²) in [5, 5.41) is 0. The van der Waals surface area contributed by atoms with Crippen LogP contribution in [0, 0.1) is 0 Å². The first-order valence-corrected chi connectivity index (χ1v) is 7.05. The SMILES string of the molecule is C=CCN(CC=C)C(=Cc1ccccc1)[n+]1ccccc1. The molecule has 0 amide bonds. The fraction of sp³-hybridized carbons (Fsp3) is 0.105. The molecular weight excluding hydrogens is 256 g/mol. The minimum Gasteiger partial charge on any atom is -0.254 e. The van der Waals surface area contributed by atoms with Crippen LogP contribution < -0.4 is 4.57 Å². The highest BCUT2D eigenvalue weighted by atomic mass is 15.3. The standard InChI is InChI=1S/C19H21N2/c1-3-13-20(14-4-2)19(21-15-9-6-10-16-21)17-18-11-7-5-8-12-18/h3-12,15-17H,1-2,13-14H2/q+1. The molecule has 0 radical (unpaired) electrons. The average Bonchev–Trinajstić information content (AvgIpc) is 2.54. The van der Waals surface area contributed by atoms with Crippen LogP contribution in [0.25, 0.3) is 11.9 Å². The van der Waals surface area contributed by atoms with Gasteiger partial charge in [0.1, 0.15) is 13.1 Å². The molecule has 0 spiro atoms. The van der Waals surface area contributed by atoms with Crippen molar-refractivity contribution in [2.45, 2.75) is 0 Å². The van der Waals surface area contributed by atoms with E-state index in [4.69, 9.17) is 0 Å². The number of pyridine rings is 1. The van der Waals surface area contributed by atoms with Crippen LogP contribution in [0.4, 0.5) is 0 Å². The van der Waals surface area contributed by atoms with E-state index in [0.717, 1.165) is 18.9 Å². The third-order valence-corrected chi connectivity index (χ3v) is 3.10. The number of hydrogen-bond donors (Lipinski definition) is 0. The molecule has 1 heterocycles. The summed E-state index contributed by atoms with van der Waals surface area (Å²) in [4.78, 5) is 2.23. The first-order valence-electron chi connectivity index (χ1n) is 7.05. The van der Waals surface area contributed by atoms with E-state index in [9.17, 15) is 0 Å². The quantitative estimate of drug-likeness (QED) is 0.554. The Balaban J connectivity index is 2.45. The Hall–Kier alpha value is -2.61. The zero-order valence-electron chi connectivity index (χ0n) is 12.2. The largest absolute Gasteiger partial charge is 0.282 e. The molecule has 2 aromatic rings. The Morgan fingerprint density at radius 2 is 1.48 bits per heavy atom. The summed E-state index contributed by atoms with van der Waals surface area (Å²) in [5.41, 5.74) is 1.17. The van der Waals surface area contributed by atoms with Crippen LogP contribution in [-0.2, 0) is 0 Å². The van der Waals surface area contributed by atoms with Gasteiger partial charge < -0.3 is 0 Å².